The molecule has 2 aliphatic rings. The van der Waals surface area contributed by atoms with Crippen LogP contribution in [-0.4, -0.2) is 74.6 Å². The van der Waals surface area contributed by atoms with Crippen LogP contribution in [0.2, 0.25) is 0 Å². The van der Waals surface area contributed by atoms with Gasteiger partial charge >= 0.3 is 0 Å². The maximum atomic E-state index is 4.63. The molecule has 25 heavy (non-hydrogen) atoms. The topological polar surface area (TPSA) is 47.0 Å². The summed E-state index contributed by atoms with van der Waals surface area (Å²) in [4.78, 5) is 16.2. The molecule has 1 aromatic rings. The van der Waals surface area contributed by atoms with Crippen molar-refractivity contribution in [2.45, 2.75) is 25.8 Å². The van der Waals surface area contributed by atoms with Crippen molar-refractivity contribution in [1.29, 1.82) is 0 Å². The molecule has 1 unspecified atom stereocenters. The molecule has 3 rings (SSSR count). The van der Waals surface area contributed by atoms with Gasteiger partial charge in [0, 0.05) is 46.2 Å². The Morgan fingerprint density at radius 1 is 1.36 bits per heavy atom. The predicted octanol–water partition coefficient (Wildman–Crippen LogP) is 2.32. The first-order valence-corrected chi connectivity index (χ1v) is 9.83. The van der Waals surface area contributed by atoms with Crippen LogP contribution < -0.4 is 10.2 Å². The van der Waals surface area contributed by atoms with Gasteiger partial charge in [-0.2, -0.15) is 0 Å². The van der Waals surface area contributed by atoms with Crippen molar-refractivity contribution in [1.82, 2.24) is 20.1 Å². The number of guanidine groups is 1. The summed E-state index contributed by atoms with van der Waals surface area (Å²) in [5, 5.41) is 6.65. The van der Waals surface area contributed by atoms with Gasteiger partial charge in [0.2, 0.25) is 0 Å². The zero-order valence-corrected chi connectivity index (χ0v) is 18.7. The Hall–Kier alpha value is -0.610. The molecule has 1 aromatic heterocycles. The first-order valence-electron chi connectivity index (χ1n) is 8.95. The molecule has 2 saturated heterocycles. The van der Waals surface area contributed by atoms with E-state index in [0.29, 0.717) is 0 Å². The van der Waals surface area contributed by atoms with Crippen molar-refractivity contribution < 1.29 is 0 Å². The lowest BCUT2D eigenvalue weighted by Gasteiger charge is -2.23. The smallest absolute Gasteiger partial charge is 0.193 e. The van der Waals surface area contributed by atoms with Crippen LogP contribution in [0.25, 0.3) is 0 Å². The monoisotopic (exact) mass is 478 g/mol. The SMILES string of the molecule is CN=C(NCc1csc(N(C)C)n1)N1CCC(CN2CCCC2)C1.I. The molecule has 3 heterocycles. The van der Waals surface area contributed by atoms with E-state index in [1.54, 1.807) is 11.3 Å². The molecule has 6 nitrogen and oxygen atoms in total. The van der Waals surface area contributed by atoms with Crippen molar-refractivity contribution >= 4 is 46.4 Å². The zero-order chi connectivity index (χ0) is 16.9. The summed E-state index contributed by atoms with van der Waals surface area (Å²) in [6.07, 6.45) is 4.03. The second-order valence-corrected chi connectivity index (χ2v) is 7.86. The normalized spacial score (nSPS) is 21.5. The van der Waals surface area contributed by atoms with Gasteiger partial charge in [-0.15, -0.1) is 35.3 Å². The highest BCUT2D eigenvalue weighted by atomic mass is 127. The van der Waals surface area contributed by atoms with Gasteiger partial charge < -0.3 is 20.0 Å². The average molecular weight is 478 g/mol. The standard InChI is InChI=1S/C17H30N6S.HI/c1-18-16(19-10-15-13-24-17(20-15)21(2)3)23-9-6-14(12-23)11-22-7-4-5-8-22;/h13-14H,4-12H2,1-3H3,(H,18,19);1H. The van der Waals surface area contributed by atoms with Crippen LogP contribution in [0.5, 0.6) is 0 Å². The van der Waals surface area contributed by atoms with E-state index < -0.39 is 0 Å². The van der Waals surface area contributed by atoms with Crippen LogP contribution in [0.3, 0.4) is 0 Å². The minimum Gasteiger partial charge on any atom is -0.354 e. The largest absolute Gasteiger partial charge is 0.354 e. The second kappa shape index (κ2) is 9.91. The number of anilines is 1. The summed E-state index contributed by atoms with van der Waals surface area (Å²) in [6, 6.07) is 0. The third-order valence-electron chi connectivity index (χ3n) is 4.86. The van der Waals surface area contributed by atoms with Gasteiger partial charge in [-0.25, -0.2) is 4.98 Å². The highest BCUT2D eigenvalue weighted by molar-refractivity contribution is 14.0. The second-order valence-electron chi connectivity index (χ2n) is 7.03. The van der Waals surface area contributed by atoms with Crippen LogP contribution >= 0.6 is 35.3 Å². The molecule has 0 aliphatic carbocycles. The molecule has 2 aliphatic heterocycles. The minimum absolute atomic E-state index is 0. The van der Waals surface area contributed by atoms with Crippen molar-refractivity contribution in [3.63, 3.8) is 0 Å². The van der Waals surface area contributed by atoms with E-state index in [-0.39, 0.29) is 24.0 Å². The summed E-state index contributed by atoms with van der Waals surface area (Å²) < 4.78 is 0. The Morgan fingerprint density at radius 2 is 2.12 bits per heavy atom. The molecule has 0 aromatic carbocycles. The quantitative estimate of drug-likeness (QED) is 0.400. The van der Waals surface area contributed by atoms with Crippen molar-refractivity contribution in [3.05, 3.63) is 11.1 Å². The Morgan fingerprint density at radius 3 is 2.76 bits per heavy atom. The van der Waals surface area contributed by atoms with Gasteiger partial charge in [-0.05, 0) is 38.3 Å². The number of hydrogen-bond acceptors (Lipinski definition) is 5. The lowest BCUT2D eigenvalue weighted by molar-refractivity contribution is 0.281. The number of hydrogen-bond donors (Lipinski definition) is 1. The van der Waals surface area contributed by atoms with Crippen LogP contribution in [0.4, 0.5) is 5.13 Å². The molecule has 0 saturated carbocycles. The maximum Gasteiger partial charge on any atom is 0.193 e. The van der Waals surface area contributed by atoms with E-state index in [1.807, 2.05) is 26.0 Å². The number of thiazole rings is 1. The summed E-state index contributed by atoms with van der Waals surface area (Å²) >= 11 is 1.68. The molecular weight excluding hydrogens is 447 g/mol. The van der Waals surface area contributed by atoms with Gasteiger partial charge in [-0.1, -0.05) is 0 Å². The molecule has 1 N–H and O–H groups in total. The number of halogens is 1. The number of nitrogens with one attached hydrogen (secondary N) is 1. The summed E-state index contributed by atoms with van der Waals surface area (Å²) in [6.45, 7) is 6.81. The number of aromatic nitrogens is 1. The van der Waals surface area contributed by atoms with E-state index in [0.717, 1.165) is 42.3 Å². The van der Waals surface area contributed by atoms with Crippen LogP contribution in [-0.2, 0) is 6.54 Å². The van der Waals surface area contributed by atoms with E-state index in [1.165, 1.54) is 38.9 Å². The fraction of sp³-hybridized carbons (Fsp3) is 0.765. The molecule has 0 radical (unpaired) electrons. The van der Waals surface area contributed by atoms with Crippen molar-refractivity contribution in [2.75, 3.05) is 58.8 Å². The molecule has 0 bridgehead atoms. The summed E-state index contributed by atoms with van der Waals surface area (Å²) in [7, 11) is 5.93. The lowest BCUT2D eigenvalue weighted by Crippen LogP contribution is -2.40. The van der Waals surface area contributed by atoms with Crippen LogP contribution in [0.15, 0.2) is 10.4 Å². The Bertz CT molecular complexity index is 555. The van der Waals surface area contributed by atoms with Gasteiger partial charge in [-0.3, -0.25) is 4.99 Å². The minimum atomic E-state index is 0. The van der Waals surface area contributed by atoms with Gasteiger partial charge in [0.05, 0.1) is 12.2 Å². The molecule has 8 heteroatoms. The predicted molar refractivity (Wildman–Crippen MR) is 117 cm³/mol. The first-order chi connectivity index (χ1) is 11.7. The van der Waals surface area contributed by atoms with Gasteiger partial charge in [0.1, 0.15) is 0 Å². The highest BCUT2D eigenvalue weighted by Gasteiger charge is 2.27. The Labute approximate surface area is 172 Å². The highest BCUT2D eigenvalue weighted by Crippen LogP contribution is 2.21. The third-order valence-corrected chi connectivity index (χ3v) is 5.92. The summed E-state index contributed by atoms with van der Waals surface area (Å²) in [5.41, 5.74) is 1.08. The molecule has 0 amide bonds. The number of likely N-dealkylation sites (tertiary alicyclic amines) is 2. The third kappa shape index (κ3) is 5.68. The van der Waals surface area contributed by atoms with Crippen LogP contribution in [0.1, 0.15) is 25.0 Å². The molecule has 0 spiro atoms. The zero-order valence-electron chi connectivity index (χ0n) is 15.6. The lowest BCUT2D eigenvalue weighted by atomic mass is 10.1. The number of nitrogens with zero attached hydrogens (tertiary/aromatic N) is 5. The number of aliphatic imine (C=N–C) groups is 1. The van der Waals surface area contributed by atoms with Gasteiger partial charge in [0.15, 0.2) is 11.1 Å². The average Bonchev–Trinajstić information content (AvgIpc) is 3.30. The number of rotatable bonds is 5. The van der Waals surface area contributed by atoms with E-state index >= 15 is 0 Å². The molecule has 1 atom stereocenters. The maximum absolute atomic E-state index is 4.63. The van der Waals surface area contributed by atoms with E-state index in [2.05, 4.69) is 30.5 Å². The van der Waals surface area contributed by atoms with Crippen molar-refractivity contribution in [2.24, 2.45) is 10.9 Å². The molecule has 142 valence electrons. The fourth-order valence-electron chi connectivity index (χ4n) is 3.59. The molecular formula is C17H31IN6S. The molecule has 2 fully saturated rings. The van der Waals surface area contributed by atoms with Crippen LogP contribution in [0, 0.1) is 5.92 Å². The Kier molecular flexibility index (Phi) is 8.21. The van der Waals surface area contributed by atoms with Crippen molar-refractivity contribution in [3.8, 4) is 0 Å². The first kappa shape index (κ1) is 20.7. The fourth-order valence-corrected chi connectivity index (χ4v) is 4.35. The van der Waals surface area contributed by atoms with E-state index in [4.69, 9.17) is 0 Å². The van der Waals surface area contributed by atoms with Gasteiger partial charge in [0.25, 0.3) is 0 Å². The Balaban J connectivity index is 0.00000225. The summed E-state index contributed by atoms with van der Waals surface area (Å²) in [5.74, 6) is 1.79. The van der Waals surface area contributed by atoms with E-state index in [9.17, 15) is 0 Å².